The molecule has 1 aromatic carbocycles. The van der Waals surface area contributed by atoms with Gasteiger partial charge in [0.1, 0.15) is 0 Å². The maximum atomic E-state index is 11.7. The Morgan fingerprint density at radius 2 is 1.82 bits per heavy atom. The van der Waals surface area contributed by atoms with E-state index in [0.717, 1.165) is 11.3 Å². The molecule has 3 nitrogen and oxygen atoms in total. The smallest absolute Gasteiger partial charge is 0.229 e. The number of rotatable bonds is 3. The van der Waals surface area contributed by atoms with Crippen LogP contribution in [0.4, 0.5) is 5.69 Å². The Morgan fingerprint density at radius 3 is 2.24 bits per heavy atom. The first-order valence-corrected chi connectivity index (χ1v) is 5.88. The van der Waals surface area contributed by atoms with Crippen molar-refractivity contribution in [1.82, 2.24) is 0 Å². The van der Waals surface area contributed by atoms with Crippen LogP contribution in [0.2, 0.25) is 0 Å². The summed E-state index contributed by atoms with van der Waals surface area (Å²) in [6.45, 7) is 5.64. The Labute approximate surface area is 107 Å². The molecule has 3 N–H and O–H groups in total. The van der Waals surface area contributed by atoms with Gasteiger partial charge < -0.3 is 11.1 Å². The number of nitrogens with one attached hydrogen (secondary N) is 1. The number of benzene rings is 1. The SMILES string of the molecule is CC(C)(C)C(=O)Nc1ccc(CC(N)=S)cc1. The summed E-state index contributed by atoms with van der Waals surface area (Å²) < 4.78 is 0. The fourth-order valence-electron chi connectivity index (χ4n) is 1.23. The van der Waals surface area contributed by atoms with Crippen LogP contribution in [-0.4, -0.2) is 10.9 Å². The van der Waals surface area contributed by atoms with Crippen LogP contribution in [0, 0.1) is 5.41 Å². The largest absolute Gasteiger partial charge is 0.393 e. The van der Waals surface area contributed by atoms with Crippen molar-refractivity contribution in [1.29, 1.82) is 0 Å². The Hall–Kier alpha value is -1.42. The van der Waals surface area contributed by atoms with Crippen LogP contribution < -0.4 is 11.1 Å². The number of carbonyl (C=O) groups excluding carboxylic acids is 1. The van der Waals surface area contributed by atoms with Gasteiger partial charge >= 0.3 is 0 Å². The molecule has 0 unspecified atom stereocenters. The predicted octanol–water partition coefficient (Wildman–Crippen LogP) is 2.50. The van der Waals surface area contributed by atoms with Gasteiger partial charge in [-0.25, -0.2) is 0 Å². The summed E-state index contributed by atoms with van der Waals surface area (Å²) in [4.78, 5) is 12.2. The van der Waals surface area contributed by atoms with Gasteiger partial charge in [-0.15, -0.1) is 0 Å². The highest BCUT2D eigenvalue weighted by atomic mass is 32.1. The molecule has 0 bridgehead atoms. The third-order valence-electron chi connectivity index (χ3n) is 2.27. The molecule has 4 heteroatoms. The minimum atomic E-state index is -0.391. The van der Waals surface area contributed by atoms with Crippen molar-refractivity contribution in [3.8, 4) is 0 Å². The highest BCUT2D eigenvalue weighted by Gasteiger charge is 2.20. The van der Waals surface area contributed by atoms with E-state index in [0.29, 0.717) is 11.4 Å². The van der Waals surface area contributed by atoms with Gasteiger partial charge in [0.2, 0.25) is 5.91 Å². The molecule has 0 heterocycles. The summed E-state index contributed by atoms with van der Waals surface area (Å²) in [5.41, 5.74) is 6.91. The van der Waals surface area contributed by atoms with E-state index >= 15 is 0 Å². The molecule has 0 saturated carbocycles. The Balaban J connectivity index is 2.69. The van der Waals surface area contributed by atoms with Gasteiger partial charge in [0.05, 0.1) is 4.99 Å². The number of amides is 1. The van der Waals surface area contributed by atoms with Crippen molar-refractivity contribution >= 4 is 28.8 Å². The van der Waals surface area contributed by atoms with Crippen LogP contribution in [0.3, 0.4) is 0 Å². The molecular formula is C13H18N2OS. The first-order valence-electron chi connectivity index (χ1n) is 5.48. The summed E-state index contributed by atoms with van der Waals surface area (Å²) in [6, 6.07) is 7.54. The number of nitrogens with two attached hydrogens (primary N) is 1. The minimum absolute atomic E-state index is 0.000374. The third-order valence-corrected chi connectivity index (χ3v) is 2.42. The van der Waals surface area contributed by atoms with Crippen molar-refractivity contribution < 1.29 is 4.79 Å². The van der Waals surface area contributed by atoms with Crippen LogP contribution in [0.15, 0.2) is 24.3 Å². The van der Waals surface area contributed by atoms with Gasteiger partial charge in [-0.2, -0.15) is 0 Å². The van der Waals surface area contributed by atoms with E-state index in [4.69, 9.17) is 18.0 Å². The first-order chi connectivity index (χ1) is 7.79. The molecule has 92 valence electrons. The molecule has 0 aliphatic rings. The predicted molar refractivity (Wildman–Crippen MR) is 75.0 cm³/mol. The van der Waals surface area contributed by atoms with Gasteiger partial charge in [-0.1, -0.05) is 45.1 Å². The van der Waals surface area contributed by atoms with Crippen LogP contribution in [0.25, 0.3) is 0 Å². The molecule has 0 saturated heterocycles. The van der Waals surface area contributed by atoms with Crippen LogP contribution in [0.5, 0.6) is 0 Å². The summed E-state index contributed by atoms with van der Waals surface area (Å²) >= 11 is 4.84. The minimum Gasteiger partial charge on any atom is -0.393 e. The molecule has 1 aromatic rings. The number of anilines is 1. The Kier molecular flexibility index (Phi) is 4.23. The lowest BCUT2D eigenvalue weighted by atomic mass is 9.95. The first kappa shape index (κ1) is 13.6. The molecule has 0 atom stereocenters. The van der Waals surface area contributed by atoms with Crippen molar-refractivity contribution in [3.63, 3.8) is 0 Å². The van der Waals surface area contributed by atoms with Crippen molar-refractivity contribution in [2.45, 2.75) is 27.2 Å². The highest BCUT2D eigenvalue weighted by Crippen LogP contribution is 2.17. The molecule has 0 fully saturated rings. The summed E-state index contributed by atoms with van der Waals surface area (Å²) in [7, 11) is 0. The summed E-state index contributed by atoms with van der Waals surface area (Å²) in [5.74, 6) is -0.000374. The second-order valence-electron chi connectivity index (χ2n) is 5.04. The maximum absolute atomic E-state index is 11.7. The van der Waals surface area contributed by atoms with E-state index in [1.165, 1.54) is 0 Å². The standard InChI is InChI=1S/C13H18N2OS/c1-13(2,3)12(16)15-10-6-4-9(5-7-10)8-11(14)17/h4-7H,8H2,1-3H3,(H2,14,17)(H,15,16). The van der Waals surface area contributed by atoms with Crippen LogP contribution in [0.1, 0.15) is 26.3 Å². The van der Waals surface area contributed by atoms with Gasteiger partial charge in [0.25, 0.3) is 0 Å². The maximum Gasteiger partial charge on any atom is 0.229 e. The van der Waals surface area contributed by atoms with E-state index in [1.807, 2.05) is 45.0 Å². The topological polar surface area (TPSA) is 55.1 Å². The zero-order valence-corrected chi connectivity index (χ0v) is 11.2. The lowest BCUT2D eigenvalue weighted by Gasteiger charge is -2.17. The quantitative estimate of drug-likeness (QED) is 0.810. The van der Waals surface area contributed by atoms with E-state index in [2.05, 4.69) is 5.32 Å². The molecule has 0 spiro atoms. The lowest BCUT2D eigenvalue weighted by Crippen LogP contribution is -2.27. The third kappa shape index (κ3) is 4.53. The molecular weight excluding hydrogens is 232 g/mol. The fourth-order valence-corrected chi connectivity index (χ4v) is 1.39. The molecule has 0 aliphatic carbocycles. The second kappa shape index (κ2) is 5.27. The van der Waals surface area contributed by atoms with Gasteiger partial charge in [-0.3, -0.25) is 4.79 Å². The van der Waals surface area contributed by atoms with E-state index in [-0.39, 0.29) is 5.91 Å². The molecule has 1 amide bonds. The number of hydrogen-bond acceptors (Lipinski definition) is 2. The van der Waals surface area contributed by atoms with E-state index in [9.17, 15) is 4.79 Å². The number of thiocarbonyl (C=S) groups is 1. The van der Waals surface area contributed by atoms with Crippen LogP contribution in [-0.2, 0) is 11.2 Å². The van der Waals surface area contributed by atoms with Crippen molar-refractivity contribution in [2.24, 2.45) is 11.1 Å². The molecule has 0 aliphatic heterocycles. The van der Waals surface area contributed by atoms with Gasteiger partial charge in [0.15, 0.2) is 0 Å². The average molecular weight is 250 g/mol. The zero-order chi connectivity index (χ0) is 13.1. The van der Waals surface area contributed by atoms with E-state index in [1.54, 1.807) is 0 Å². The second-order valence-corrected chi connectivity index (χ2v) is 5.57. The number of carbonyl (C=O) groups is 1. The fraction of sp³-hybridized carbons (Fsp3) is 0.385. The summed E-state index contributed by atoms with van der Waals surface area (Å²) in [5, 5.41) is 2.86. The monoisotopic (exact) mass is 250 g/mol. The van der Waals surface area contributed by atoms with E-state index < -0.39 is 5.41 Å². The highest BCUT2D eigenvalue weighted by molar-refractivity contribution is 7.80. The van der Waals surface area contributed by atoms with Crippen LogP contribution >= 0.6 is 12.2 Å². The molecule has 1 rings (SSSR count). The van der Waals surface area contributed by atoms with Crippen molar-refractivity contribution in [2.75, 3.05) is 5.32 Å². The average Bonchev–Trinajstić information content (AvgIpc) is 2.18. The lowest BCUT2D eigenvalue weighted by molar-refractivity contribution is -0.123. The normalized spacial score (nSPS) is 11.0. The molecule has 17 heavy (non-hydrogen) atoms. The van der Waals surface area contributed by atoms with Gasteiger partial charge in [-0.05, 0) is 17.7 Å². The Morgan fingerprint density at radius 1 is 1.29 bits per heavy atom. The Bertz CT molecular complexity index is 418. The zero-order valence-electron chi connectivity index (χ0n) is 10.4. The molecule has 0 radical (unpaired) electrons. The van der Waals surface area contributed by atoms with Gasteiger partial charge in [0, 0.05) is 17.5 Å². The number of hydrogen-bond donors (Lipinski definition) is 2. The summed E-state index contributed by atoms with van der Waals surface area (Å²) in [6.07, 6.45) is 0.586. The molecule has 0 aromatic heterocycles. The van der Waals surface area contributed by atoms with Crippen molar-refractivity contribution in [3.05, 3.63) is 29.8 Å².